The Morgan fingerprint density at radius 3 is 2.38 bits per heavy atom. The molecule has 3 nitrogen and oxygen atoms in total. The van der Waals surface area contributed by atoms with E-state index < -0.39 is 0 Å². The van der Waals surface area contributed by atoms with Crippen LogP contribution in [0.15, 0.2) is 0 Å². The summed E-state index contributed by atoms with van der Waals surface area (Å²) in [7, 11) is 1.99. The fraction of sp³-hybridized carbons (Fsp3) is 0.769. The quantitative estimate of drug-likeness (QED) is 0.718. The molecule has 0 aliphatic heterocycles. The fourth-order valence-corrected chi connectivity index (χ4v) is 1.97. The molecule has 0 saturated heterocycles. The Bertz CT molecular complexity index is 315. The highest BCUT2D eigenvalue weighted by molar-refractivity contribution is 5.51. The molecule has 0 saturated carbocycles. The Morgan fingerprint density at radius 1 is 1.12 bits per heavy atom. The third-order valence-electron chi connectivity index (χ3n) is 3.09. The summed E-state index contributed by atoms with van der Waals surface area (Å²) >= 11 is 0. The molecule has 0 amide bonds. The maximum atomic E-state index is 4.39. The lowest BCUT2D eigenvalue weighted by molar-refractivity contribution is 0.645. The summed E-state index contributed by atoms with van der Waals surface area (Å²) < 4.78 is 1.94. The minimum atomic E-state index is 1.07. The Hall–Kier alpha value is -0.990. The third-order valence-corrected chi connectivity index (χ3v) is 3.09. The molecule has 1 N–H and O–H groups in total. The molecule has 0 radical (unpaired) electrons. The van der Waals surface area contributed by atoms with E-state index in [2.05, 4.69) is 31.2 Å². The molecule has 0 unspecified atom stereocenters. The molecule has 1 rings (SSSR count). The van der Waals surface area contributed by atoms with Crippen molar-refractivity contribution >= 4 is 5.69 Å². The standard InChI is InChI=1S/C13H25N3/c1-5-6-7-8-9-10-14-13-11(2)15-16(4)12(13)3/h14H,5-10H2,1-4H3. The van der Waals surface area contributed by atoms with Gasteiger partial charge in [0, 0.05) is 13.6 Å². The van der Waals surface area contributed by atoms with Crippen LogP contribution in [0.3, 0.4) is 0 Å². The zero-order valence-electron chi connectivity index (χ0n) is 11.1. The maximum absolute atomic E-state index is 4.39. The summed E-state index contributed by atoms with van der Waals surface area (Å²) in [5, 5.41) is 7.89. The third kappa shape index (κ3) is 3.54. The normalized spacial score (nSPS) is 10.8. The van der Waals surface area contributed by atoms with Crippen molar-refractivity contribution in [1.82, 2.24) is 9.78 Å². The Balaban J connectivity index is 2.26. The van der Waals surface area contributed by atoms with E-state index in [0.717, 1.165) is 12.2 Å². The molecular weight excluding hydrogens is 198 g/mol. The van der Waals surface area contributed by atoms with Gasteiger partial charge in [-0.15, -0.1) is 0 Å². The predicted molar refractivity (Wildman–Crippen MR) is 69.9 cm³/mol. The number of anilines is 1. The summed E-state index contributed by atoms with van der Waals surface area (Å²) in [5.41, 5.74) is 3.55. The Kier molecular flexibility index (Phi) is 5.36. The van der Waals surface area contributed by atoms with Crippen molar-refractivity contribution in [2.75, 3.05) is 11.9 Å². The van der Waals surface area contributed by atoms with E-state index in [1.165, 1.54) is 43.5 Å². The van der Waals surface area contributed by atoms with Crippen molar-refractivity contribution in [3.63, 3.8) is 0 Å². The van der Waals surface area contributed by atoms with Gasteiger partial charge in [-0.05, 0) is 20.3 Å². The fourth-order valence-electron chi connectivity index (χ4n) is 1.97. The van der Waals surface area contributed by atoms with Crippen molar-refractivity contribution in [3.05, 3.63) is 11.4 Å². The average Bonchev–Trinajstić information content (AvgIpc) is 2.49. The highest BCUT2D eigenvalue weighted by Crippen LogP contribution is 2.18. The van der Waals surface area contributed by atoms with Crippen LogP contribution in [-0.4, -0.2) is 16.3 Å². The molecule has 0 spiro atoms. The first-order chi connectivity index (χ1) is 7.66. The van der Waals surface area contributed by atoms with Gasteiger partial charge in [0.25, 0.3) is 0 Å². The molecule has 1 aromatic rings. The summed E-state index contributed by atoms with van der Waals surface area (Å²) in [4.78, 5) is 0. The SMILES string of the molecule is CCCCCCCNc1c(C)nn(C)c1C. The summed E-state index contributed by atoms with van der Waals surface area (Å²) in [6, 6.07) is 0. The summed E-state index contributed by atoms with van der Waals surface area (Å²) in [5.74, 6) is 0. The molecule has 92 valence electrons. The van der Waals surface area contributed by atoms with Gasteiger partial charge >= 0.3 is 0 Å². The van der Waals surface area contributed by atoms with E-state index in [1.807, 2.05) is 11.7 Å². The molecule has 0 atom stereocenters. The predicted octanol–water partition coefficient (Wildman–Crippen LogP) is 3.42. The van der Waals surface area contributed by atoms with Gasteiger partial charge in [-0.2, -0.15) is 5.10 Å². The lowest BCUT2D eigenvalue weighted by Crippen LogP contribution is -2.03. The number of rotatable bonds is 7. The Labute approximate surface area is 99.2 Å². The van der Waals surface area contributed by atoms with E-state index >= 15 is 0 Å². The van der Waals surface area contributed by atoms with Gasteiger partial charge in [-0.1, -0.05) is 32.6 Å². The topological polar surface area (TPSA) is 29.9 Å². The van der Waals surface area contributed by atoms with E-state index in [-0.39, 0.29) is 0 Å². The number of nitrogens with zero attached hydrogens (tertiary/aromatic N) is 2. The van der Waals surface area contributed by atoms with Gasteiger partial charge in [-0.3, -0.25) is 4.68 Å². The monoisotopic (exact) mass is 223 g/mol. The van der Waals surface area contributed by atoms with Crippen molar-refractivity contribution < 1.29 is 0 Å². The highest BCUT2D eigenvalue weighted by Gasteiger charge is 2.07. The number of hydrogen-bond donors (Lipinski definition) is 1. The minimum absolute atomic E-state index is 1.07. The number of aromatic nitrogens is 2. The van der Waals surface area contributed by atoms with Crippen LogP contribution >= 0.6 is 0 Å². The van der Waals surface area contributed by atoms with Gasteiger partial charge in [0.1, 0.15) is 0 Å². The van der Waals surface area contributed by atoms with E-state index in [0.29, 0.717) is 0 Å². The number of hydrogen-bond acceptors (Lipinski definition) is 2. The van der Waals surface area contributed by atoms with Crippen LogP contribution in [0.25, 0.3) is 0 Å². The second-order valence-corrected chi connectivity index (χ2v) is 4.51. The van der Waals surface area contributed by atoms with Crippen LogP contribution < -0.4 is 5.32 Å². The zero-order valence-corrected chi connectivity index (χ0v) is 11.1. The molecule has 3 heteroatoms. The molecule has 0 aromatic carbocycles. The zero-order chi connectivity index (χ0) is 12.0. The van der Waals surface area contributed by atoms with Crippen LogP contribution in [0, 0.1) is 13.8 Å². The molecular formula is C13H25N3. The first-order valence-electron chi connectivity index (χ1n) is 6.41. The average molecular weight is 223 g/mol. The van der Waals surface area contributed by atoms with Gasteiger partial charge in [0.2, 0.25) is 0 Å². The molecule has 0 aliphatic rings. The van der Waals surface area contributed by atoms with Crippen LogP contribution in [0.4, 0.5) is 5.69 Å². The van der Waals surface area contributed by atoms with E-state index in [9.17, 15) is 0 Å². The van der Waals surface area contributed by atoms with Gasteiger partial charge in [0.05, 0.1) is 17.1 Å². The molecule has 0 bridgehead atoms. The highest BCUT2D eigenvalue weighted by atomic mass is 15.3. The number of aryl methyl sites for hydroxylation is 2. The maximum Gasteiger partial charge on any atom is 0.0827 e. The summed E-state index contributed by atoms with van der Waals surface area (Å²) in [6.45, 7) is 7.49. The van der Waals surface area contributed by atoms with Crippen LogP contribution in [-0.2, 0) is 7.05 Å². The minimum Gasteiger partial charge on any atom is -0.382 e. The van der Waals surface area contributed by atoms with Gasteiger partial charge in [-0.25, -0.2) is 0 Å². The second-order valence-electron chi connectivity index (χ2n) is 4.51. The smallest absolute Gasteiger partial charge is 0.0827 e. The molecule has 0 fully saturated rings. The lowest BCUT2D eigenvalue weighted by Gasteiger charge is -2.06. The number of unbranched alkanes of at least 4 members (excludes halogenated alkanes) is 4. The molecule has 16 heavy (non-hydrogen) atoms. The second kappa shape index (κ2) is 6.56. The van der Waals surface area contributed by atoms with E-state index in [4.69, 9.17) is 0 Å². The summed E-state index contributed by atoms with van der Waals surface area (Å²) in [6.07, 6.45) is 6.63. The van der Waals surface area contributed by atoms with Crippen molar-refractivity contribution in [2.45, 2.75) is 52.9 Å². The first-order valence-corrected chi connectivity index (χ1v) is 6.41. The van der Waals surface area contributed by atoms with Crippen molar-refractivity contribution in [3.8, 4) is 0 Å². The van der Waals surface area contributed by atoms with Crippen LogP contribution in [0.5, 0.6) is 0 Å². The Morgan fingerprint density at radius 2 is 1.81 bits per heavy atom. The van der Waals surface area contributed by atoms with Gasteiger partial charge < -0.3 is 5.32 Å². The first kappa shape index (κ1) is 13.1. The van der Waals surface area contributed by atoms with Crippen LogP contribution in [0.1, 0.15) is 50.4 Å². The van der Waals surface area contributed by atoms with Crippen LogP contribution in [0.2, 0.25) is 0 Å². The van der Waals surface area contributed by atoms with E-state index in [1.54, 1.807) is 0 Å². The molecule has 0 aliphatic carbocycles. The van der Waals surface area contributed by atoms with Crippen molar-refractivity contribution in [2.24, 2.45) is 7.05 Å². The van der Waals surface area contributed by atoms with Crippen molar-refractivity contribution in [1.29, 1.82) is 0 Å². The lowest BCUT2D eigenvalue weighted by atomic mass is 10.1. The largest absolute Gasteiger partial charge is 0.382 e. The molecule has 1 aromatic heterocycles. The number of nitrogens with one attached hydrogen (secondary N) is 1. The molecule has 1 heterocycles. The van der Waals surface area contributed by atoms with Gasteiger partial charge in [0.15, 0.2) is 0 Å².